The van der Waals surface area contributed by atoms with E-state index in [1.54, 1.807) is 6.08 Å². The maximum absolute atomic E-state index is 11.8. The molecule has 0 radical (unpaired) electrons. The Morgan fingerprint density at radius 3 is 2.77 bits per heavy atom. The average molecular weight is 295 g/mol. The molecule has 114 valence electrons. The van der Waals surface area contributed by atoms with Gasteiger partial charge in [0.25, 0.3) is 0 Å². The molecule has 0 saturated heterocycles. The van der Waals surface area contributed by atoms with Gasteiger partial charge in [0.15, 0.2) is 0 Å². The molecular weight excluding hydrogens is 274 g/mol. The molecule has 3 rings (SSSR count). The first-order chi connectivity index (χ1) is 10.6. The topological polar surface area (TPSA) is 46.9 Å². The molecule has 0 fully saturated rings. The highest BCUT2D eigenvalue weighted by molar-refractivity contribution is 5.87. The van der Waals surface area contributed by atoms with E-state index in [-0.39, 0.29) is 5.91 Å². The van der Waals surface area contributed by atoms with Crippen LogP contribution in [0, 0.1) is 0 Å². The largest absolute Gasteiger partial charge is 0.347 e. The minimum absolute atomic E-state index is 0.0546. The molecule has 0 unspecified atom stereocenters. The van der Waals surface area contributed by atoms with E-state index < -0.39 is 0 Å². The molecule has 22 heavy (non-hydrogen) atoms. The third-order valence-corrected chi connectivity index (χ3v) is 3.86. The van der Waals surface area contributed by atoms with Gasteiger partial charge in [-0.25, -0.2) is 4.68 Å². The molecule has 1 aromatic carbocycles. The van der Waals surface area contributed by atoms with Gasteiger partial charge in [0, 0.05) is 11.8 Å². The van der Waals surface area contributed by atoms with Crippen LogP contribution in [-0.2, 0) is 24.2 Å². The van der Waals surface area contributed by atoms with Crippen LogP contribution < -0.4 is 5.32 Å². The highest BCUT2D eigenvalue weighted by atomic mass is 16.1. The molecule has 1 aliphatic rings. The Labute approximate surface area is 130 Å². The average Bonchev–Trinajstić information content (AvgIpc) is 3.08. The lowest BCUT2D eigenvalue weighted by Crippen LogP contribution is -2.21. The molecule has 4 heteroatoms. The number of hydrogen-bond acceptors (Lipinski definition) is 2. The third-order valence-electron chi connectivity index (χ3n) is 3.86. The van der Waals surface area contributed by atoms with Crippen molar-refractivity contribution >= 4 is 5.91 Å². The Kier molecular flexibility index (Phi) is 4.09. The van der Waals surface area contributed by atoms with Gasteiger partial charge in [-0.2, -0.15) is 5.10 Å². The molecule has 1 aromatic heterocycles. The van der Waals surface area contributed by atoms with Crippen molar-refractivity contribution in [3.63, 3.8) is 0 Å². The number of hydrogen-bond donors (Lipinski definition) is 1. The number of para-hydroxylation sites is 1. The first-order valence-corrected chi connectivity index (χ1v) is 7.73. The molecule has 0 aliphatic heterocycles. The van der Waals surface area contributed by atoms with Gasteiger partial charge in [-0.3, -0.25) is 4.79 Å². The molecule has 1 N–H and O–H groups in total. The number of nitrogens with zero attached hydrogens (tertiary/aromatic N) is 2. The van der Waals surface area contributed by atoms with E-state index in [9.17, 15) is 4.79 Å². The van der Waals surface area contributed by atoms with Crippen LogP contribution in [0.3, 0.4) is 0 Å². The number of amides is 1. The SMILES string of the molecule is CC(C)=CC(=O)NCc1nn(-c2ccccc2)c2c1CCC2. The number of rotatable bonds is 4. The van der Waals surface area contributed by atoms with Gasteiger partial charge in [-0.1, -0.05) is 23.8 Å². The second kappa shape index (κ2) is 6.18. The van der Waals surface area contributed by atoms with Crippen molar-refractivity contribution in [3.05, 3.63) is 58.9 Å². The lowest BCUT2D eigenvalue weighted by Gasteiger charge is -2.05. The van der Waals surface area contributed by atoms with Crippen LogP contribution in [0.25, 0.3) is 5.69 Å². The molecule has 0 saturated carbocycles. The number of allylic oxidation sites excluding steroid dienone is 1. The minimum Gasteiger partial charge on any atom is -0.347 e. The zero-order valence-electron chi connectivity index (χ0n) is 13.1. The molecule has 0 spiro atoms. The summed E-state index contributed by atoms with van der Waals surface area (Å²) in [6.45, 7) is 4.33. The van der Waals surface area contributed by atoms with Crippen LogP contribution in [0.1, 0.15) is 37.2 Å². The first-order valence-electron chi connectivity index (χ1n) is 7.73. The zero-order valence-corrected chi connectivity index (χ0v) is 13.1. The van der Waals surface area contributed by atoms with Gasteiger partial charge < -0.3 is 5.32 Å². The molecule has 1 amide bonds. The molecular formula is C18H21N3O. The lowest BCUT2D eigenvalue weighted by atomic mass is 10.2. The minimum atomic E-state index is -0.0546. The number of aromatic nitrogens is 2. The molecule has 0 bridgehead atoms. The smallest absolute Gasteiger partial charge is 0.244 e. The molecule has 4 nitrogen and oxygen atoms in total. The Morgan fingerprint density at radius 1 is 1.27 bits per heavy atom. The van der Waals surface area contributed by atoms with Crippen molar-refractivity contribution < 1.29 is 4.79 Å². The van der Waals surface area contributed by atoms with Crippen molar-refractivity contribution in [2.24, 2.45) is 0 Å². The Bertz CT molecular complexity index is 709. The fourth-order valence-electron chi connectivity index (χ4n) is 2.92. The van der Waals surface area contributed by atoms with Crippen LogP contribution in [0.5, 0.6) is 0 Å². The number of nitrogens with one attached hydrogen (secondary N) is 1. The second-order valence-corrected chi connectivity index (χ2v) is 5.91. The fraction of sp³-hybridized carbons (Fsp3) is 0.333. The standard InChI is InChI=1S/C18H21N3O/c1-13(2)11-18(22)19-12-16-15-9-6-10-17(15)21(20-16)14-7-4-3-5-8-14/h3-5,7-8,11H,6,9-10,12H2,1-2H3,(H,19,22). The highest BCUT2D eigenvalue weighted by Crippen LogP contribution is 2.27. The second-order valence-electron chi connectivity index (χ2n) is 5.91. The first kappa shape index (κ1) is 14.6. The summed E-state index contributed by atoms with van der Waals surface area (Å²) in [6.07, 6.45) is 4.89. The molecule has 0 atom stereocenters. The summed E-state index contributed by atoms with van der Waals surface area (Å²) < 4.78 is 2.03. The van der Waals surface area contributed by atoms with Gasteiger partial charge in [-0.15, -0.1) is 0 Å². The number of fused-ring (bicyclic) bond motifs is 1. The van der Waals surface area contributed by atoms with E-state index in [4.69, 9.17) is 5.10 Å². The van der Waals surface area contributed by atoms with E-state index in [0.717, 1.165) is 36.2 Å². The maximum Gasteiger partial charge on any atom is 0.244 e. The Hall–Kier alpha value is -2.36. The van der Waals surface area contributed by atoms with Crippen molar-refractivity contribution in [1.82, 2.24) is 15.1 Å². The summed E-state index contributed by atoms with van der Waals surface area (Å²) in [6, 6.07) is 10.2. The molecule has 2 aromatic rings. The lowest BCUT2D eigenvalue weighted by molar-refractivity contribution is -0.116. The quantitative estimate of drug-likeness (QED) is 0.882. The Morgan fingerprint density at radius 2 is 2.05 bits per heavy atom. The van der Waals surface area contributed by atoms with Crippen LogP contribution in [0.2, 0.25) is 0 Å². The van der Waals surface area contributed by atoms with E-state index in [2.05, 4.69) is 17.4 Å². The van der Waals surface area contributed by atoms with E-state index in [1.165, 1.54) is 11.3 Å². The van der Waals surface area contributed by atoms with Gasteiger partial charge in [0.1, 0.15) is 0 Å². The highest BCUT2D eigenvalue weighted by Gasteiger charge is 2.22. The monoisotopic (exact) mass is 295 g/mol. The van der Waals surface area contributed by atoms with Gasteiger partial charge in [0.05, 0.1) is 17.9 Å². The normalized spacial score (nSPS) is 12.8. The predicted octanol–water partition coefficient (Wildman–Crippen LogP) is 2.94. The third kappa shape index (κ3) is 2.96. The summed E-state index contributed by atoms with van der Waals surface area (Å²) in [4.78, 5) is 11.8. The number of carbonyl (C=O) groups excluding carboxylic acids is 1. The van der Waals surface area contributed by atoms with Gasteiger partial charge in [0.2, 0.25) is 5.91 Å². The summed E-state index contributed by atoms with van der Waals surface area (Å²) in [5.41, 5.74) is 5.67. The number of benzene rings is 1. The van der Waals surface area contributed by atoms with Crippen LogP contribution in [-0.4, -0.2) is 15.7 Å². The van der Waals surface area contributed by atoms with Gasteiger partial charge in [-0.05, 0) is 50.8 Å². The summed E-state index contributed by atoms with van der Waals surface area (Å²) in [5.74, 6) is -0.0546. The molecule has 1 aliphatic carbocycles. The molecule has 1 heterocycles. The summed E-state index contributed by atoms with van der Waals surface area (Å²) in [5, 5.41) is 7.67. The van der Waals surface area contributed by atoms with Crippen molar-refractivity contribution in [3.8, 4) is 5.69 Å². The van der Waals surface area contributed by atoms with Crippen LogP contribution in [0.15, 0.2) is 42.0 Å². The van der Waals surface area contributed by atoms with Crippen molar-refractivity contribution in [2.75, 3.05) is 0 Å². The number of carbonyl (C=O) groups is 1. The Balaban J connectivity index is 1.84. The van der Waals surface area contributed by atoms with Crippen molar-refractivity contribution in [1.29, 1.82) is 0 Å². The zero-order chi connectivity index (χ0) is 15.5. The van der Waals surface area contributed by atoms with Gasteiger partial charge >= 0.3 is 0 Å². The van der Waals surface area contributed by atoms with Crippen LogP contribution in [0.4, 0.5) is 0 Å². The summed E-state index contributed by atoms with van der Waals surface area (Å²) >= 11 is 0. The fourth-order valence-corrected chi connectivity index (χ4v) is 2.92. The van der Waals surface area contributed by atoms with Crippen molar-refractivity contribution in [2.45, 2.75) is 39.7 Å². The van der Waals surface area contributed by atoms with E-state index >= 15 is 0 Å². The summed E-state index contributed by atoms with van der Waals surface area (Å²) in [7, 11) is 0. The maximum atomic E-state index is 11.8. The van der Waals surface area contributed by atoms with E-state index in [0.29, 0.717) is 6.54 Å². The predicted molar refractivity (Wildman–Crippen MR) is 86.9 cm³/mol. The van der Waals surface area contributed by atoms with E-state index in [1.807, 2.05) is 36.7 Å². The van der Waals surface area contributed by atoms with Crippen LogP contribution >= 0.6 is 0 Å².